The molecule has 35 heavy (non-hydrogen) atoms. The Hall–Kier alpha value is -3.21. The smallest absolute Gasteiger partial charge is 0.253 e. The van der Waals surface area contributed by atoms with E-state index in [1.165, 1.54) is 0 Å². The van der Waals surface area contributed by atoms with Crippen LogP contribution in [0.3, 0.4) is 0 Å². The molecule has 0 aromatic heterocycles. The topological polar surface area (TPSA) is 23.6 Å². The Morgan fingerprint density at radius 3 is 1.97 bits per heavy atom. The zero-order valence-electron chi connectivity index (χ0n) is 20.3. The van der Waals surface area contributed by atoms with Crippen molar-refractivity contribution in [1.29, 1.82) is 0 Å². The van der Waals surface area contributed by atoms with Crippen molar-refractivity contribution in [3.63, 3.8) is 0 Å². The van der Waals surface area contributed by atoms with Crippen molar-refractivity contribution in [2.24, 2.45) is 11.8 Å². The van der Waals surface area contributed by atoms with E-state index >= 15 is 8.78 Å². The summed E-state index contributed by atoms with van der Waals surface area (Å²) in [6.07, 6.45) is 0.396. The second-order valence-corrected chi connectivity index (χ2v) is 10.2. The molecule has 0 spiro atoms. The van der Waals surface area contributed by atoms with Gasteiger partial charge in [-0.3, -0.25) is 4.79 Å². The molecule has 3 aromatic carbocycles. The first-order valence-electron chi connectivity index (χ1n) is 12.3. The Morgan fingerprint density at radius 1 is 0.829 bits per heavy atom. The summed E-state index contributed by atoms with van der Waals surface area (Å²) in [7, 11) is 3.89. The molecule has 0 N–H and O–H groups in total. The number of carbonyl (C=O) groups excluding carboxylic acids is 1. The molecular weight excluding hydrogens is 442 g/mol. The van der Waals surface area contributed by atoms with Crippen molar-refractivity contribution < 1.29 is 13.6 Å². The summed E-state index contributed by atoms with van der Waals surface area (Å²) in [6, 6.07) is 27.9. The Morgan fingerprint density at radius 2 is 1.37 bits per heavy atom. The lowest BCUT2D eigenvalue weighted by Gasteiger charge is -2.49. The highest BCUT2D eigenvalue weighted by atomic mass is 19.3. The molecule has 1 heterocycles. The zero-order chi connectivity index (χ0) is 24.6. The van der Waals surface area contributed by atoms with Crippen molar-refractivity contribution in [3.8, 4) is 0 Å². The SMILES string of the molecule is CN(C)c1ccccc1CC(=O)N1CC2C(C1)C(c1ccccc1)(c1ccccc1)CCC2(F)F. The fourth-order valence-electron chi connectivity index (χ4n) is 6.40. The lowest BCUT2D eigenvalue weighted by molar-refractivity contribution is -0.130. The van der Waals surface area contributed by atoms with Gasteiger partial charge in [-0.1, -0.05) is 78.9 Å². The van der Waals surface area contributed by atoms with Crippen LogP contribution in [0.15, 0.2) is 84.9 Å². The van der Waals surface area contributed by atoms with Gasteiger partial charge in [0.1, 0.15) is 0 Å². The third-order valence-electron chi connectivity index (χ3n) is 8.09. The van der Waals surface area contributed by atoms with Crippen LogP contribution < -0.4 is 4.90 Å². The highest BCUT2D eigenvalue weighted by Gasteiger charge is 2.61. The van der Waals surface area contributed by atoms with E-state index in [0.29, 0.717) is 13.0 Å². The lowest BCUT2D eigenvalue weighted by atomic mass is 9.55. The second kappa shape index (κ2) is 9.10. The number of hydrogen-bond acceptors (Lipinski definition) is 2. The molecule has 1 amide bonds. The lowest BCUT2D eigenvalue weighted by Crippen LogP contribution is -2.51. The van der Waals surface area contributed by atoms with Crippen LogP contribution in [0.25, 0.3) is 0 Å². The van der Waals surface area contributed by atoms with Gasteiger partial charge in [-0.25, -0.2) is 8.78 Å². The van der Waals surface area contributed by atoms with E-state index in [-0.39, 0.29) is 31.2 Å². The summed E-state index contributed by atoms with van der Waals surface area (Å²) in [5.41, 5.74) is 3.46. The Labute approximate surface area is 206 Å². The van der Waals surface area contributed by atoms with Gasteiger partial charge in [0, 0.05) is 56.5 Å². The number of benzene rings is 3. The first kappa shape index (κ1) is 23.5. The fraction of sp³-hybridized carbons (Fsp3) is 0.367. The van der Waals surface area contributed by atoms with Gasteiger partial charge in [0.2, 0.25) is 5.91 Å². The van der Waals surface area contributed by atoms with Crippen LogP contribution in [0.4, 0.5) is 14.5 Å². The highest BCUT2D eigenvalue weighted by molar-refractivity contribution is 5.81. The van der Waals surface area contributed by atoms with Crippen molar-refractivity contribution in [2.75, 3.05) is 32.1 Å². The van der Waals surface area contributed by atoms with Crippen molar-refractivity contribution >= 4 is 11.6 Å². The third-order valence-corrected chi connectivity index (χ3v) is 8.09. The van der Waals surface area contributed by atoms with E-state index in [9.17, 15) is 4.79 Å². The molecule has 1 aliphatic heterocycles. The second-order valence-electron chi connectivity index (χ2n) is 10.2. The molecule has 3 nitrogen and oxygen atoms in total. The molecule has 1 saturated carbocycles. The number of anilines is 1. The van der Waals surface area contributed by atoms with Crippen LogP contribution in [0.1, 0.15) is 29.5 Å². The maximum atomic E-state index is 15.4. The van der Waals surface area contributed by atoms with Gasteiger partial charge in [-0.15, -0.1) is 0 Å². The summed E-state index contributed by atoms with van der Waals surface area (Å²) in [6.45, 7) is 0.440. The van der Waals surface area contributed by atoms with Crippen LogP contribution in [-0.4, -0.2) is 43.9 Å². The molecule has 0 bridgehead atoms. The molecular formula is C30H32F2N2O. The van der Waals surface area contributed by atoms with Gasteiger partial charge >= 0.3 is 0 Å². The van der Waals surface area contributed by atoms with E-state index in [1.807, 2.05) is 79.7 Å². The number of carbonyl (C=O) groups is 1. The van der Waals surface area contributed by atoms with Crippen LogP contribution in [-0.2, 0) is 16.6 Å². The van der Waals surface area contributed by atoms with Gasteiger partial charge in [0.05, 0.1) is 6.42 Å². The van der Waals surface area contributed by atoms with E-state index in [2.05, 4.69) is 24.3 Å². The zero-order valence-corrected chi connectivity index (χ0v) is 20.3. The van der Waals surface area contributed by atoms with Gasteiger partial charge in [-0.05, 0) is 29.2 Å². The molecule has 3 aromatic rings. The molecule has 2 atom stereocenters. The summed E-state index contributed by atoms with van der Waals surface area (Å²) in [5, 5.41) is 0. The van der Waals surface area contributed by atoms with Crippen molar-refractivity contribution in [2.45, 2.75) is 30.6 Å². The largest absolute Gasteiger partial charge is 0.377 e. The Bertz CT molecular complexity index is 1140. The molecule has 2 unspecified atom stereocenters. The first-order valence-corrected chi connectivity index (χ1v) is 12.3. The van der Waals surface area contributed by atoms with Gasteiger partial charge in [-0.2, -0.15) is 0 Å². The summed E-state index contributed by atoms with van der Waals surface area (Å²) < 4.78 is 30.8. The van der Waals surface area contributed by atoms with Gasteiger partial charge in [0.25, 0.3) is 5.92 Å². The molecule has 0 radical (unpaired) electrons. The molecule has 2 fully saturated rings. The third kappa shape index (κ3) is 4.11. The van der Waals surface area contributed by atoms with Gasteiger partial charge < -0.3 is 9.80 Å². The minimum absolute atomic E-state index is 0.0838. The average molecular weight is 475 g/mol. The number of likely N-dealkylation sites (tertiary alicyclic amines) is 1. The van der Waals surface area contributed by atoms with Crippen LogP contribution in [0.2, 0.25) is 0 Å². The molecule has 2 aliphatic rings. The van der Waals surface area contributed by atoms with Crippen LogP contribution >= 0.6 is 0 Å². The van der Waals surface area contributed by atoms with Crippen molar-refractivity contribution in [1.82, 2.24) is 4.90 Å². The number of nitrogens with zero attached hydrogens (tertiary/aromatic N) is 2. The number of rotatable bonds is 5. The van der Waals surface area contributed by atoms with Gasteiger partial charge in [0.15, 0.2) is 0 Å². The standard InChI is InChI=1S/C30H32F2N2O/c1-33(2)27-16-10-9-11-22(27)19-28(35)34-20-25-26(21-34)30(31,32)18-17-29(25,23-12-5-3-6-13-23)24-14-7-4-8-15-24/h3-16,25-26H,17-21H2,1-2H3. The first-order chi connectivity index (χ1) is 16.8. The Kier molecular flexibility index (Phi) is 6.12. The van der Waals surface area contributed by atoms with Crippen LogP contribution in [0, 0.1) is 11.8 Å². The van der Waals surface area contributed by atoms with Crippen molar-refractivity contribution in [3.05, 3.63) is 102 Å². The monoisotopic (exact) mass is 474 g/mol. The predicted molar refractivity (Wildman–Crippen MR) is 136 cm³/mol. The molecule has 5 rings (SSSR count). The number of amides is 1. The number of alkyl halides is 2. The average Bonchev–Trinajstić information content (AvgIpc) is 3.34. The number of fused-ring (bicyclic) bond motifs is 1. The maximum Gasteiger partial charge on any atom is 0.253 e. The predicted octanol–water partition coefficient (Wildman–Crippen LogP) is 5.79. The van der Waals surface area contributed by atoms with E-state index in [1.54, 1.807) is 4.90 Å². The van der Waals surface area contributed by atoms with Crippen LogP contribution in [0.5, 0.6) is 0 Å². The molecule has 5 heteroatoms. The number of para-hydroxylation sites is 1. The molecule has 1 saturated heterocycles. The van der Waals surface area contributed by atoms with E-state index < -0.39 is 17.3 Å². The fourth-order valence-corrected chi connectivity index (χ4v) is 6.40. The summed E-state index contributed by atoms with van der Waals surface area (Å²) in [5.74, 6) is -4.11. The Balaban J connectivity index is 1.52. The maximum absolute atomic E-state index is 15.4. The molecule has 1 aliphatic carbocycles. The number of halogens is 2. The quantitative estimate of drug-likeness (QED) is 0.468. The molecule has 182 valence electrons. The summed E-state index contributed by atoms with van der Waals surface area (Å²) in [4.78, 5) is 17.2. The summed E-state index contributed by atoms with van der Waals surface area (Å²) >= 11 is 0. The van der Waals surface area contributed by atoms with E-state index in [0.717, 1.165) is 22.4 Å². The minimum Gasteiger partial charge on any atom is -0.377 e. The number of hydrogen-bond donors (Lipinski definition) is 0. The minimum atomic E-state index is -2.80. The van der Waals surface area contributed by atoms with E-state index in [4.69, 9.17) is 0 Å². The normalized spacial score (nSPS) is 22.5. The highest BCUT2D eigenvalue weighted by Crippen LogP contribution is 2.58.